The maximum Gasteiger partial charge on any atom is 0.0848 e. The van der Waals surface area contributed by atoms with Crippen LogP contribution in [-0.4, -0.2) is 16.3 Å². The van der Waals surface area contributed by atoms with Crippen LogP contribution in [0.5, 0.6) is 0 Å². The second kappa shape index (κ2) is 5.31. The number of hydrogen-bond acceptors (Lipinski definition) is 2. The molecular weight excluding hydrogens is 269 g/mol. The third-order valence-corrected chi connectivity index (χ3v) is 3.67. The molecule has 0 aliphatic heterocycles. The molecule has 1 aromatic heterocycles. The Morgan fingerprint density at radius 2 is 2.00 bits per heavy atom. The van der Waals surface area contributed by atoms with Crippen LogP contribution in [-0.2, 0) is 6.42 Å². The van der Waals surface area contributed by atoms with Gasteiger partial charge in [0.25, 0.3) is 0 Å². The van der Waals surface area contributed by atoms with E-state index in [1.54, 1.807) is 0 Å². The molecule has 0 fully saturated rings. The van der Waals surface area contributed by atoms with E-state index in [0.29, 0.717) is 16.6 Å². The fraction of sp³-hybridized carbons (Fsp3) is 0.308. The molecule has 96 valence electrons. The largest absolute Gasteiger partial charge is 0.330 e. The van der Waals surface area contributed by atoms with Crippen LogP contribution in [0.25, 0.3) is 5.69 Å². The average molecular weight is 284 g/mol. The minimum atomic E-state index is 0.585. The molecule has 0 bridgehead atoms. The molecule has 0 saturated heterocycles. The van der Waals surface area contributed by atoms with Crippen molar-refractivity contribution in [3.05, 3.63) is 45.2 Å². The van der Waals surface area contributed by atoms with Crippen molar-refractivity contribution in [2.24, 2.45) is 5.73 Å². The standard InChI is InChI=1S/C13H15Cl2N3/c1-8-13(15)9(2)18(17-8)12-7-11(14)4-3-10(12)5-6-16/h3-4,7H,5-6,16H2,1-2H3. The summed E-state index contributed by atoms with van der Waals surface area (Å²) >= 11 is 12.2. The van der Waals surface area contributed by atoms with Crippen LogP contribution in [0.3, 0.4) is 0 Å². The van der Waals surface area contributed by atoms with Gasteiger partial charge in [-0.25, -0.2) is 4.68 Å². The molecule has 0 unspecified atom stereocenters. The molecule has 0 saturated carbocycles. The van der Waals surface area contributed by atoms with Gasteiger partial charge in [-0.2, -0.15) is 5.10 Å². The molecular formula is C13H15Cl2N3. The van der Waals surface area contributed by atoms with Crippen LogP contribution in [0.15, 0.2) is 18.2 Å². The summed E-state index contributed by atoms with van der Waals surface area (Å²) in [5.74, 6) is 0. The Hall–Kier alpha value is -1.03. The van der Waals surface area contributed by atoms with Crippen molar-refractivity contribution in [2.45, 2.75) is 20.3 Å². The molecule has 3 nitrogen and oxygen atoms in total. The van der Waals surface area contributed by atoms with Gasteiger partial charge in [0, 0.05) is 5.02 Å². The van der Waals surface area contributed by atoms with E-state index >= 15 is 0 Å². The van der Waals surface area contributed by atoms with Crippen molar-refractivity contribution < 1.29 is 0 Å². The quantitative estimate of drug-likeness (QED) is 0.939. The fourth-order valence-corrected chi connectivity index (χ4v) is 2.24. The van der Waals surface area contributed by atoms with Gasteiger partial charge in [0.2, 0.25) is 0 Å². The summed E-state index contributed by atoms with van der Waals surface area (Å²) in [5.41, 5.74) is 9.41. The normalized spacial score (nSPS) is 10.9. The minimum absolute atomic E-state index is 0.585. The zero-order valence-corrected chi connectivity index (χ0v) is 11.9. The highest BCUT2D eigenvalue weighted by Gasteiger charge is 2.13. The topological polar surface area (TPSA) is 43.8 Å². The fourth-order valence-electron chi connectivity index (χ4n) is 1.96. The zero-order valence-electron chi connectivity index (χ0n) is 10.4. The van der Waals surface area contributed by atoms with Crippen LogP contribution >= 0.6 is 23.2 Å². The van der Waals surface area contributed by atoms with Gasteiger partial charge < -0.3 is 5.73 Å². The van der Waals surface area contributed by atoms with Gasteiger partial charge in [0.1, 0.15) is 0 Å². The van der Waals surface area contributed by atoms with Crippen molar-refractivity contribution in [3.8, 4) is 5.69 Å². The van der Waals surface area contributed by atoms with E-state index in [0.717, 1.165) is 29.1 Å². The van der Waals surface area contributed by atoms with Crippen molar-refractivity contribution >= 4 is 23.2 Å². The van der Waals surface area contributed by atoms with Gasteiger partial charge in [-0.3, -0.25) is 0 Å². The lowest BCUT2D eigenvalue weighted by atomic mass is 10.1. The zero-order chi connectivity index (χ0) is 13.3. The Kier molecular flexibility index (Phi) is 3.95. The second-order valence-electron chi connectivity index (χ2n) is 4.21. The number of nitrogens with zero attached hydrogens (tertiary/aromatic N) is 2. The van der Waals surface area contributed by atoms with Gasteiger partial charge in [0.15, 0.2) is 0 Å². The summed E-state index contributed by atoms with van der Waals surface area (Å²) in [7, 11) is 0. The highest BCUT2D eigenvalue weighted by molar-refractivity contribution is 6.32. The van der Waals surface area contributed by atoms with E-state index in [-0.39, 0.29) is 0 Å². The monoisotopic (exact) mass is 283 g/mol. The van der Waals surface area contributed by atoms with Gasteiger partial charge >= 0.3 is 0 Å². The minimum Gasteiger partial charge on any atom is -0.330 e. The molecule has 2 N–H and O–H groups in total. The number of benzene rings is 1. The third kappa shape index (κ3) is 2.39. The van der Waals surface area contributed by atoms with Crippen LogP contribution in [0.4, 0.5) is 0 Å². The molecule has 0 atom stereocenters. The van der Waals surface area contributed by atoms with Crippen molar-refractivity contribution in [3.63, 3.8) is 0 Å². The number of aryl methyl sites for hydroxylation is 1. The number of hydrogen-bond donors (Lipinski definition) is 1. The van der Waals surface area contributed by atoms with Crippen LogP contribution < -0.4 is 5.73 Å². The number of nitrogens with two attached hydrogens (primary N) is 1. The number of rotatable bonds is 3. The van der Waals surface area contributed by atoms with E-state index in [1.807, 2.05) is 36.7 Å². The van der Waals surface area contributed by atoms with E-state index in [9.17, 15) is 0 Å². The highest BCUT2D eigenvalue weighted by atomic mass is 35.5. The first-order valence-electron chi connectivity index (χ1n) is 5.75. The van der Waals surface area contributed by atoms with E-state index in [2.05, 4.69) is 5.10 Å². The molecule has 18 heavy (non-hydrogen) atoms. The molecule has 2 rings (SSSR count). The lowest BCUT2D eigenvalue weighted by Gasteiger charge is -2.11. The molecule has 1 heterocycles. The Balaban J connectivity index is 2.61. The van der Waals surface area contributed by atoms with Crippen molar-refractivity contribution in [1.29, 1.82) is 0 Å². The molecule has 2 aromatic rings. The van der Waals surface area contributed by atoms with Crippen LogP contribution in [0.2, 0.25) is 10.0 Å². The third-order valence-electron chi connectivity index (χ3n) is 2.89. The SMILES string of the molecule is Cc1nn(-c2cc(Cl)ccc2CCN)c(C)c1Cl. The smallest absolute Gasteiger partial charge is 0.0848 e. The summed E-state index contributed by atoms with van der Waals surface area (Å²) in [5, 5.41) is 5.81. The molecule has 5 heteroatoms. The first kappa shape index (κ1) is 13.4. The lowest BCUT2D eigenvalue weighted by molar-refractivity contribution is 0.814. The predicted octanol–water partition coefficient (Wildman–Crippen LogP) is 3.30. The molecule has 0 amide bonds. The highest BCUT2D eigenvalue weighted by Crippen LogP contribution is 2.26. The van der Waals surface area contributed by atoms with Crippen molar-refractivity contribution in [1.82, 2.24) is 9.78 Å². The number of halogens is 2. The summed E-state index contributed by atoms with van der Waals surface area (Å²) in [6.07, 6.45) is 0.780. The molecule has 0 aliphatic rings. The maximum atomic E-state index is 6.18. The van der Waals surface area contributed by atoms with Gasteiger partial charge in [-0.15, -0.1) is 0 Å². The summed E-state index contributed by atoms with van der Waals surface area (Å²) in [6, 6.07) is 5.74. The molecule has 0 spiro atoms. The summed E-state index contributed by atoms with van der Waals surface area (Å²) < 4.78 is 1.83. The summed E-state index contributed by atoms with van der Waals surface area (Å²) in [4.78, 5) is 0. The van der Waals surface area contributed by atoms with Crippen LogP contribution in [0.1, 0.15) is 17.0 Å². The van der Waals surface area contributed by atoms with E-state index in [1.165, 1.54) is 0 Å². The average Bonchev–Trinajstić information content (AvgIpc) is 2.60. The van der Waals surface area contributed by atoms with Gasteiger partial charge in [-0.1, -0.05) is 29.3 Å². The Morgan fingerprint density at radius 1 is 1.28 bits per heavy atom. The first-order valence-corrected chi connectivity index (χ1v) is 6.50. The number of aromatic nitrogens is 2. The predicted molar refractivity (Wildman–Crippen MR) is 75.8 cm³/mol. The molecule has 0 aliphatic carbocycles. The van der Waals surface area contributed by atoms with Gasteiger partial charge in [-0.05, 0) is 44.5 Å². The van der Waals surface area contributed by atoms with Crippen LogP contribution in [0, 0.1) is 13.8 Å². The maximum absolute atomic E-state index is 6.18. The molecule has 1 aromatic carbocycles. The Morgan fingerprint density at radius 3 is 2.56 bits per heavy atom. The summed E-state index contributed by atoms with van der Waals surface area (Å²) in [6.45, 7) is 4.41. The van der Waals surface area contributed by atoms with E-state index < -0.39 is 0 Å². The van der Waals surface area contributed by atoms with E-state index in [4.69, 9.17) is 28.9 Å². The Labute approximate surface area is 117 Å². The lowest BCUT2D eigenvalue weighted by Crippen LogP contribution is -2.08. The van der Waals surface area contributed by atoms with Crippen molar-refractivity contribution in [2.75, 3.05) is 6.54 Å². The van der Waals surface area contributed by atoms with Gasteiger partial charge in [0.05, 0.1) is 22.1 Å². The second-order valence-corrected chi connectivity index (χ2v) is 5.02. The first-order chi connectivity index (χ1) is 8.54. The Bertz CT molecular complexity index is 576. The molecule has 0 radical (unpaired) electrons.